The molecule has 2 aromatic carbocycles. The van der Waals surface area contributed by atoms with Crippen LogP contribution in [0.2, 0.25) is 0 Å². The molecule has 0 radical (unpaired) electrons. The van der Waals surface area contributed by atoms with Crippen molar-refractivity contribution in [2.45, 2.75) is 82.6 Å². The van der Waals surface area contributed by atoms with Gasteiger partial charge in [-0.05, 0) is 74.4 Å². The largest absolute Gasteiger partial charge is 0.352 e. The number of nitrogens with zero attached hydrogens (tertiary/aromatic N) is 2. The zero-order valence-electron chi connectivity index (χ0n) is 23.5. The van der Waals surface area contributed by atoms with Crippen LogP contribution in [0.1, 0.15) is 64.9 Å². The molecular weight excluding hydrogens is 516 g/mol. The Hall–Kier alpha value is -3.00. The van der Waals surface area contributed by atoms with E-state index in [1.54, 1.807) is 0 Å². The normalized spacial score (nSPS) is 23.2. The lowest BCUT2D eigenvalue weighted by Crippen LogP contribution is -2.58. The predicted octanol–water partition coefficient (Wildman–Crippen LogP) is 5.16. The van der Waals surface area contributed by atoms with Crippen LogP contribution in [-0.4, -0.2) is 58.9 Å². The average molecular weight is 559 g/mol. The molecule has 1 aliphatic heterocycles. The van der Waals surface area contributed by atoms with E-state index in [0.29, 0.717) is 17.8 Å². The van der Waals surface area contributed by atoms with Crippen molar-refractivity contribution in [1.82, 2.24) is 15.1 Å². The van der Waals surface area contributed by atoms with Crippen LogP contribution >= 0.6 is 11.3 Å². The van der Waals surface area contributed by atoms with Crippen molar-refractivity contribution in [1.29, 1.82) is 0 Å². The highest BCUT2D eigenvalue weighted by atomic mass is 32.1. The molecule has 2 heterocycles. The Bertz CT molecular complexity index is 1220. The van der Waals surface area contributed by atoms with Crippen molar-refractivity contribution >= 4 is 23.2 Å². The molecule has 0 spiro atoms. The lowest BCUT2D eigenvalue weighted by atomic mass is 9.90. The van der Waals surface area contributed by atoms with E-state index in [4.69, 9.17) is 5.73 Å². The van der Waals surface area contributed by atoms with Gasteiger partial charge in [0.1, 0.15) is 6.04 Å². The summed E-state index contributed by atoms with van der Waals surface area (Å²) >= 11 is 1.44. The second-order valence-electron chi connectivity index (χ2n) is 11.5. The lowest BCUT2D eigenvalue weighted by Gasteiger charge is -2.43. The summed E-state index contributed by atoms with van der Waals surface area (Å²) in [6, 6.07) is 23.2. The Morgan fingerprint density at radius 1 is 0.950 bits per heavy atom. The Morgan fingerprint density at radius 3 is 2.40 bits per heavy atom. The highest BCUT2D eigenvalue weighted by Gasteiger charge is 2.39. The summed E-state index contributed by atoms with van der Waals surface area (Å²) in [5.41, 5.74) is 9.95. The number of carbonyl (C=O) groups is 2. The number of likely N-dealkylation sites (tertiary alicyclic amines) is 1. The van der Waals surface area contributed by atoms with Crippen molar-refractivity contribution < 1.29 is 9.59 Å². The van der Waals surface area contributed by atoms with Crippen LogP contribution in [-0.2, 0) is 17.8 Å². The number of benzene rings is 2. The molecule has 2 atom stereocenters. The number of nitrogens with two attached hydrogens (primary N) is 1. The lowest BCUT2D eigenvalue weighted by molar-refractivity contribution is -0.128. The third-order valence-electron chi connectivity index (χ3n) is 8.54. The molecule has 6 nitrogen and oxygen atoms in total. The highest BCUT2D eigenvalue weighted by Crippen LogP contribution is 2.28. The zero-order chi connectivity index (χ0) is 27.9. The molecule has 1 saturated heterocycles. The number of hydrogen-bond donors (Lipinski definition) is 2. The Kier molecular flexibility index (Phi) is 9.68. The predicted molar refractivity (Wildman–Crippen MR) is 162 cm³/mol. The third kappa shape index (κ3) is 7.39. The van der Waals surface area contributed by atoms with E-state index in [-0.39, 0.29) is 29.9 Å². The van der Waals surface area contributed by atoms with E-state index >= 15 is 0 Å². The maximum Gasteiger partial charge on any atom is 0.264 e. The maximum atomic E-state index is 13.8. The van der Waals surface area contributed by atoms with Crippen molar-refractivity contribution in [3.8, 4) is 0 Å². The number of amides is 2. The molecule has 3 N–H and O–H groups in total. The number of carbonyl (C=O) groups excluding carboxylic acids is 2. The summed E-state index contributed by atoms with van der Waals surface area (Å²) in [6.07, 6.45) is 6.09. The molecule has 1 saturated carbocycles. The van der Waals surface area contributed by atoms with Gasteiger partial charge in [0.2, 0.25) is 5.91 Å². The molecule has 2 amide bonds. The van der Waals surface area contributed by atoms with E-state index < -0.39 is 6.04 Å². The SMILES string of the molecule is Cc1ccc(CN(CCc2ccccc2)C2CCN(C(=O)c3cccs3)[C@@H](C(=O)NC3CCC(N)CC3)C2)cc1. The molecule has 3 aromatic rings. The number of piperidine rings is 1. The molecule has 40 heavy (non-hydrogen) atoms. The van der Waals surface area contributed by atoms with Crippen molar-refractivity contribution in [3.63, 3.8) is 0 Å². The number of rotatable bonds is 9. The van der Waals surface area contributed by atoms with E-state index in [9.17, 15) is 9.59 Å². The van der Waals surface area contributed by atoms with E-state index in [2.05, 4.69) is 71.7 Å². The third-order valence-corrected chi connectivity index (χ3v) is 9.40. The van der Waals surface area contributed by atoms with Gasteiger partial charge in [0.15, 0.2) is 0 Å². The van der Waals surface area contributed by atoms with Gasteiger partial charge in [-0.2, -0.15) is 0 Å². The summed E-state index contributed by atoms with van der Waals surface area (Å²) in [5, 5.41) is 5.23. The van der Waals surface area contributed by atoms with Gasteiger partial charge < -0.3 is 16.0 Å². The van der Waals surface area contributed by atoms with Crippen LogP contribution in [0.5, 0.6) is 0 Å². The molecule has 0 bridgehead atoms. The molecule has 7 heteroatoms. The zero-order valence-corrected chi connectivity index (χ0v) is 24.3. The molecule has 5 rings (SSSR count). The molecule has 1 aliphatic carbocycles. The summed E-state index contributed by atoms with van der Waals surface area (Å²) in [4.78, 5) is 32.4. The highest BCUT2D eigenvalue weighted by molar-refractivity contribution is 7.12. The first-order valence-corrected chi connectivity index (χ1v) is 15.6. The van der Waals surface area contributed by atoms with E-state index in [1.807, 2.05) is 22.4 Å². The monoisotopic (exact) mass is 558 g/mol. The van der Waals surface area contributed by atoms with Gasteiger partial charge in [-0.25, -0.2) is 0 Å². The number of nitrogens with one attached hydrogen (secondary N) is 1. The van der Waals surface area contributed by atoms with Gasteiger partial charge in [0.25, 0.3) is 5.91 Å². The number of hydrogen-bond acceptors (Lipinski definition) is 5. The second kappa shape index (κ2) is 13.6. The minimum Gasteiger partial charge on any atom is -0.352 e. The topological polar surface area (TPSA) is 78.7 Å². The quantitative estimate of drug-likeness (QED) is 0.380. The van der Waals surface area contributed by atoms with Crippen LogP contribution in [0, 0.1) is 6.92 Å². The van der Waals surface area contributed by atoms with Crippen molar-refractivity contribution in [2.24, 2.45) is 5.73 Å². The first-order valence-electron chi connectivity index (χ1n) is 14.7. The first kappa shape index (κ1) is 28.5. The minimum absolute atomic E-state index is 0.0200. The van der Waals surface area contributed by atoms with Crippen LogP contribution in [0.4, 0.5) is 0 Å². The van der Waals surface area contributed by atoms with Gasteiger partial charge in [-0.1, -0.05) is 66.2 Å². The average Bonchev–Trinajstić information content (AvgIpc) is 3.53. The standard InChI is InChI=1S/C33H42N4O2S/c1-24-9-11-26(12-10-24)23-36(19-17-25-6-3-2-4-7-25)29-18-20-37(33(39)31-8-5-21-40-31)30(22-29)32(38)35-28-15-13-27(34)14-16-28/h2-12,21,27-30H,13-20,22-23,34H2,1H3,(H,35,38)/t27?,28?,29?,30-/m1/s1. The van der Waals surface area contributed by atoms with Crippen molar-refractivity contribution in [3.05, 3.63) is 93.7 Å². The number of thiophene rings is 1. The van der Waals surface area contributed by atoms with Crippen LogP contribution in [0.3, 0.4) is 0 Å². The molecule has 2 aliphatic rings. The fourth-order valence-corrected chi connectivity index (χ4v) is 6.79. The van der Waals surface area contributed by atoms with E-state index in [0.717, 1.165) is 51.6 Å². The summed E-state index contributed by atoms with van der Waals surface area (Å²) < 4.78 is 0. The molecular formula is C33H42N4O2S. The molecule has 212 valence electrons. The van der Waals surface area contributed by atoms with Gasteiger partial charge >= 0.3 is 0 Å². The summed E-state index contributed by atoms with van der Waals surface area (Å²) in [6.45, 7) is 4.41. The first-order chi connectivity index (χ1) is 19.5. The fourth-order valence-electron chi connectivity index (χ4n) is 6.11. The molecule has 2 fully saturated rings. The molecule has 1 unspecified atom stereocenters. The van der Waals surface area contributed by atoms with Crippen LogP contribution in [0.15, 0.2) is 72.1 Å². The number of aryl methyl sites for hydroxylation is 1. The minimum atomic E-state index is -0.485. The van der Waals surface area contributed by atoms with Crippen molar-refractivity contribution in [2.75, 3.05) is 13.1 Å². The Morgan fingerprint density at radius 2 is 1.70 bits per heavy atom. The second-order valence-corrected chi connectivity index (χ2v) is 12.4. The summed E-state index contributed by atoms with van der Waals surface area (Å²) in [7, 11) is 0. The smallest absolute Gasteiger partial charge is 0.264 e. The van der Waals surface area contributed by atoms with Gasteiger partial charge in [-0.15, -0.1) is 11.3 Å². The van der Waals surface area contributed by atoms with Gasteiger partial charge in [0.05, 0.1) is 4.88 Å². The Balaban J connectivity index is 1.35. The maximum absolute atomic E-state index is 13.8. The summed E-state index contributed by atoms with van der Waals surface area (Å²) in [5.74, 6) is -0.0536. The fraction of sp³-hybridized carbons (Fsp3) is 0.455. The van der Waals surface area contributed by atoms with Crippen LogP contribution in [0.25, 0.3) is 0 Å². The van der Waals surface area contributed by atoms with Gasteiger partial charge in [0, 0.05) is 37.8 Å². The molecule has 1 aromatic heterocycles. The van der Waals surface area contributed by atoms with Gasteiger partial charge in [-0.3, -0.25) is 14.5 Å². The Labute approximate surface area is 242 Å². The van der Waals surface area contributed by atoms with E-state index in [1.165, 1.54) is 28.0 Å². The van der Waals surface area contributed by atoms with Crippen LogP contribution < -0.4 is 11.1 Å².